The molecule has 3 rings (SSSR count). The van der Waals surface area contributed by atoms with Crippen LogP contribution in [0.15, 0.2) is 48.8 Å². The largest absolute Gasteiger partial charge is 0.349 e. The molecule has 0 aliphatic rings. The van der Waals surface area contributed by atoms with Crippen molar-refractivity contribution < 1.29 is 4.79 Å². The Labute approximate surface area is 135 Å². The standard InChI is InChI=1S/C19H19N3O/c1-13-11-17(14-7-9-20-10-8-14)21-19-15(5-4-6-16(13)19)12-18(23)22(2)3/h4-11H,12H2,1-3H3. The van der Waals surface area contributed by atoms with Gasteiger partial charge in [0, 0.05) is 37.4 Å². The Bertz CT molecular complexity index is 857. The van der Waals surface area contributed by atoms with Crippen LogP contribution in [0.1, 0.15) is 11.1 Å². The summed E-state index contributed by atoms with van der Waals surface area (Å²) in [6.07, 6.45) is 3.88. The van der Waals surface area contributed by atoms with Crippen LogP contribution in [0, 0.1) is 6.92 Å². The van der Waals surface area contributed by atoms with Gasteiger partial charge in [0.25, 0.3) is 0 Å². The number of para-hydroxylation sites is 1. The number of hydrogen-bond donors (Lipinski definition) is 0. The van der Waals surface area contributed by atoms with E-state index in [4.69, 9.17) is 4.98 Å². The lowest BCUT2D eigenvalue weighted by Gasteiger charge is -2.13. The van der Waals surface area contributed by atoms with Gasteiger partial charge in [0.05, 0.1) is 17.6 Å². The van der Waals surface area contributed by atoms with Crippen LogP contribution in [-0.2, 0) is 11.2 Å². The summed E-state index contributed by atoms with van der Waals surface area (Å²) in [7, 11) is 3.54. The normalized spacial score (nSPS) is 10.7. The minimum Gasteiger partial charge on any atom is -0.349 e. The third kappa shape index (κ3) is 3.06. The molecule has 3 aromatic rings. The van der Waals surface area contributed by atoms with Gasteiger partial charge in [0.2, 0.25) is 5.91 Å². The quantitative estimate of drug-likeness (QED) is 0.746. The van der Waals surface area contributed by atoms with Gasteiger partial charge < -0.3 is 4.90 Å². The smallest absolute Gasteiger partial charge is 0.226 e. The fourth-order valence-corrected chi connectivity index (χ4v) is 2.61. The van der Waals surface area contributed by atoms with Gasteiger partial charge in [-0.1, -0.05) is 18.2 Å². The van der Waals surface area contributed by atoms with E-state index in [1.165, 1.54) is 0 Å². The molecule has 0 radical (unpaired) electrons. The maximum atomic E-state index is 12.1. The van der Waals surface area contributed by atoms with Crippen LogP contribution in [0.2, 0.25) is 0 Å². The van der Waals surface area contributed by atoms with Crippen molar-refractivity contribution in [2.75, 3.05) is 14.1 Å². The topological polar surface area (TPSA) is 46.1 Å². The molecule has 23 heavy (non-hydrogen) atoms. The van der Waals surface area contributed by atoms with E-state index < -0.39 is 0 Å². The molecular weight excluding hydrogens is 286 g/mol. The van der Waals surface area contributed by atoms with E-state index in [2.05, 4.69) is 24.0 Å². The molecule has 0 unspecified atom stereocenters. The number of aryl methyl sites for hydroxylation is 1. The van der Waals surface area contributed by atoms with Crippen LogP contribution in [-0.4, -0.2) is 34.9 Å². The van der Waals surface area contributed by atoms with Crippen molar-refractivity contribution in [3.05, 3.63) is 59.9 Å². The molecule has 0 aliphatic carbocycles. The van der Waals surface area contributed by atoms with E-state index in [9.17, 15) is 4.79 Å². The Hall–Kier alpha value is -2.75. The molecular formula is C19H19N3O. The first-order valence-electron chi connectivity index (χ1n) is 7.56. The molecule has 1 amide bonds. The zero-order valence-electron chi connectivity index (χ0n) is 13.6. The van der Waals surface area contributed by atoms with Crippen LogP contribution in [0.3, 0.4) is 0 Å². The molecule has 0 saturated heterocycles. The van der Waals surface area contributed by atoms with Crippen molar-refractivity contribution in [2.24, 2.45) is 0 Å². The van der Waals surface area contributed by atoms with Gasteiger partial charge in [0.15, 0.2) is 0 Å². The number of aromatic nitrogens is 2. The lowest BCUT2D eigenvalue weighted by atomic mass is 10.0. The number of carbonyl (C=O) groups excluding carboxylic acids is 1. The van der Waals surface area contributed by atoms with Crippen molar-refractivity contribution in [2.45, 2.75) is 13.3 Å². The summed E-state index contributed by atoms with van der Waals surface area (Å²) in [6, 6.07) is 12.0. The SMILES string of the molecule is Cc1cc(-c2ccncc2)nc2c(CC(=O)N(C)C)cccc12. The van der Waals surface area contributed by atoms with Gasteiger partial charge >= 0.3 is 0 Å². The number of pyridine rings is 2. The number of carbonyl (C=O) groups is 1. The summed E-state index contributed by atoms with van der Waals surface area (Å²) < 4.78 is 0. The third-order valence-corrected chi connectivity index (χ3v) is 3.95. The maximum absolute atomic E-state index is 12.1. The molecule has 0 spiro atoms. The third-order valence-electron chi connectivity index (χ3n) is 3.95. The van der Waals surface area contributed by atoms with Crippen molar-refractivity contribution in [3.63, 3.8) is 0 Å². The zero-order chi connectivity index (χ0) is 16.4. The van der Waals surface area contributed by atoms with E-state index >= 15 is 0 Å². The minimum absolute atomic E-state index is 0.0752. The highest BCUT2D eigenvalue weighted by atomic mass is 16.2. The van der Waals surface area contributed by atoms with Gasteiger partial charge in [-0.2, -0.15) is 0 Å². The highest BCUT2D eigenvalue weighted by molar-refractivity contribution is 5.91. The molecule has 0 fully saturated rings. The van der Waals surface area contributed by atoms with Gasteiger partial charge in [-0.25, -0.2) is 4.98 Å². The molecule has 0 bridgehead atoms. The summed E-state index contributed by atoms with van der Waals surface area (Å²) in [6.45, 7) is 2.08. The van der Waals surface area contributed by atoms with Gasteiger partial charge in [-0.05, 0) is 36.2 Å². The second kappa shape index (κ2) is 6.16. The van der Waals surface area contributed by atoms with Gasteiger partial charge in [-0.3, -0.25) is 9.78 Å². The number of amides is 1. The average molecular weight is 305 g/mol. The first-order chi connectivity index (χ1) is 11.1. The highest BCUT2D eigenvalue weighted by Gasteiger charge is 2.12. The van der Waals surface area contributed by atoms with E-state index in [-0.39, 0.29) is 5.91 Å². The molecule has 4 heteroatoms. The van der Waals surface area contributed by atoms with Gasteiger partial charge in [-0.15, -0.1) is 0 Å². The monoisotopic (exact) mass is 305 g/mol. The predicted molar refractivity (Wildman–Crippen MR) is 92.1 cm³/mol. The first-order valence-corrected chi connectivity index (χ1v) is 7.56. The van der Waals surface area contributed by atoms with E-state index in [1.54, 1.807) is 31.4 Å². The summed E-state index contributed by atoms with van der Waals surface area (Å²) in [5, 5.41) is 1.09. The zero-order valence-corrected chi connectivity index (χ0v) is 13.6. The summed E-state index contributed by atoms with van der Waals surface area (Å²) in [4.78, 5) is 22.6. The van der Waals surface area contributed by atoms with E-state index in [1.807, 2.05) is 24.3 Å². The minimum atomic E-state index is 0.0752. The maximum Gasteiger partial charge on any atom is 0.226 e. The lowest BCUT2D eigenvalue weighted by molar-refractivity contribution is -0.127. The van der Waals surface area contributed by atoms with Crippen molar-refractivity contribution in [1.29, 1.82) is 0 Å². The molecule has 0 saturated carbocycles. The Morgan fingerprint density at radius 1 is 1.13 bits per heavy atom. The van der Waals surface area contributed by atoms with Crippen LogP contribution in [0.4, 0.5) is 0 Å². The summed E-state index contributed by atoms with van der Waals surface area (Å²) in [5.41, 5.74) is 4.94. The van der Waals surface area contributed by atoms with Crippen LogP contribution < -0.4 is 0 Å². The number of benzene rings is 1. The second-order valence-corrected chi connectivity index (χ2v) is 5.84. The fourth-order valence-electron chi connectivity index (χ4n) is 2.61. The predicted octanol–water partition coefficient (Wildman–Crippen LogP) is 3.24. The number of likely N-dealkylation sites (N-methyl/N-ethyl adjacent to an activating group) is 1. The molecule has 2 aromatic heterocycles. The second-order valence-electron chi connectivity index (χ2n) is 5.84. The van der Waals surface area contributed by atoms with Crippen molar-refractivity contribution >= 4 is 16.8 Å². The number of fused-ring (bicyclic) bond motifs is 1. The Morgan fingerprint density at radius 2 is 1.87 bits per heavy atom. The number of hydrogen-bond acceptors (Lipinski definition) is 3. The van der Waals surface area contributed by atoms with E-state index in [0.717, 1.165) is 33.3 Å². The summed E-state index contributed by atoms with van der Waals surface area (Å²) >= 11 is 0. The molecule has 4 nitrogen and oxygen atoms in total. The van der Waals surface area contributed by atoms with Crippen molar-refractivity contribution in [1.82, 2.24) is 14.9 Å². The van der Waals surface area contributed by atoms with Crippen LogP contribution in [0.5, 0.6) is 0 Å². The van der Waals surface area contributed by atoms with E-state index in [0.29, 0.717) is 6.42 Å². The highest BCUT2D eigenvalue weighted by Crippen LogP contribution is 2.26. The van der Waals surface area contributed by atoms with Crippen LogP contribution >= 0.6 is 0 Å². The molecule has 0 atom stereocenters. The van der Waals surface area contributed by atoms with Gasteiger partial charge in [0.1, 0.15) is 0 Å². The molecule has 0 aliphatic heterocycles. The molecule has 1 aromatic carbocycles. The Kier molecular flexibility index (Phi) is 4.06. The Morgan fingerprint density at radius 3 is 2.57 bits per heavy atom. The number of nitrogens with zero attached hydrogens (tertiary/aromatic N) is 3. The van der Waals surface area contributed by atoms with Crippen molar-refractivity contribution in [3.8, 4) is 11.3 Å². The number of rotatable bonds is 3. The first kappa shape index (κ1) is 15.2. The molecule has 0 N–H and O–H groups in total. The Balaban J connectivity index is 2.15. The van der Waals surface area contributed by atoms with Crippen LogP contribution in [0.25, 0.3) is 22.2 Å². The fraction of sp³-hybridized carbons (Fsp3) is 0.211. The average Bonchev–Trinajstić information content (AvgIpc) is 2.56. The lowest BCUT2D eigenvalue weighted by Crippen LogP contribution is -2.23. The molecule has 116 valence electrons. The molecule has 2 heterocycles. The summed E-state index contributed by atoms with van der Waals surface area (Å²) in [5.74, 6) is 0.0752.